The van der Waals surface area contributed by atoms with E-state index in [0.29, 0.717) is 13.0 Å². The van der Waals surface area contributed by atoms with Crippen molar-refractivity contribution in [3.05, 3.63) is 59.2 Å². The van der Waals surface area contributed by atoms with E-state index in [1.54, 1.807) is 14.2 Å². The van der Waals surface area contributed by atoms with Gasteiger partial charge in [-0.05, 0) is 40.7 Å². The second-order valence-corrected chi connectivity index (χ2v) is 7.42. The van der Waals surface area contributed by atoms with Crippen molar-refractivity contribution in [1.29, 1.82) is 0 Å². The maximum Gasteiger partial charge on any atom is 0.407 e. The Morgan fingerprint density at radius 1 is 0.926 bits per heavy atom. The third-order valence-electron chi connectivity index (χ3n) is 4.28. The number of hydrogen-bond donors (Lipinski definition) is 1. The summed E-state index contributed by atoms with van der Waals surface area (Å²) >= 11 is 0. The number of hydrogen-bond acceptors (Lipinski definition) is 4. The van der Waals surface area contributed by atoms with Crippen LogP contribution in [0.2, 0.25) is 0 Å². The maximum atomic E-state index is 11.9. The van der Waals surface area contributed by atoms with E-state index < -0.39 is 6.09 Å². The molecule has 0 unspecified atom stereocenters. The van der Waals surface area contributed by atoms with E-state index in [2.05, 4.69) is 38.2 Å². The lowest BCUT2D eigenvalue weighted by atomic mass is 9.87. The van der Waals surface area contributed by atoms with E-state index >= 15 is 0 Å². The molecular formula is C22H29NO4. The normalized spacial score (nSPS) is 11.0. The van der Waals surface area contributed by atoms with Gasteiger partial charge in [0.05, 0.1) is 14.2 Å². The first-order valence-electron chi connectivity index (χ1n) is 9.04. The molecule has 146 valence electrons. The van der Waals surface area contributed by atoms with Crippen LogP contribution in [0.25, 0.3) is 0 Å². The summed E-state index contributed by atoms with van der Waals surface area (Å²) in [5, 5.41) is 2.77. The summed E-state index contributed by atoms with van der Waals surface area (Å²) < 4.78 is 15.8. The minimum absolute atomic E-state index is 0.111. The van der Waals surface area contributed by atoms with E-state index in [1.165, 1.54) is 5.56 Å². The number of amides is 1. The van der Waals surface area contributed by atoms with Gasteiger partial charge in [-0.3, -0.25) is 0 Å². The number of carbonyl (C=O) groups is 1. The molecule has 0 aromatic heterocycles. The average Bonchev–Trinajstić information content (AvgIpc) is 2.65. The van der Waals surface area contributed by atoms with Crippen molar-refractivity contribution in [2.75, 3.05) is 20.8 Å². The van der Waals surface area contributed by atoms with E-state index in [0.717, 1.165) is 22.6 Å². The fourth-order valence-corrected chi connectivity index (χ4v) is 2.62. The molecule has 1 amide bonds. The molecule has 0 aliphatic rings. The summed E-state index contributed by atoms with van der Waals surface area (Å²) in [5.74, 6) is 1.45. The Morgan fingerprint density at radius 3 is 2.04 bits per heavy atom. The van der Waals surface area contributed by atoms with Crippen LogP contribution in [0.15, 0.2) is 42.5 Å². The van der Waals surface area contributed by atoms with Crippen LogP contribution < -0.4 is 14.8 Å². The first-order valence-corrected chi connectivity index (χ1v) is 9.04. The summed E-state index contributed by atoms with van der Waals surface area (Å²) in [6, 6.07) is 13.8. The first kappa shape index (κ1) is 20.6. The Hall–Kier alpha value is -2.69. The average molecular weight is 371 g/mol. The summed E-state index contributed by atoms with van der Waals surface area (Å²) in [4.78, 5) is 11.9. The van der Waals surface area contributed by atoms with E-state index in [4.69, 9.17) is 14.2 Å². The molecule has 2 rings (SSSR count). The highest BCUT2D eigenvalue weighted by atomic mass is 16.5. The molecule has 0 atom stereocenters. The fraction of sp³-hybridized carbons (Fsp3) is 0.409. The Bertz CT molecular complexity index is 726. The molecule has 0 saturated heterocycles. The van der Waals surface area contributed by atoms with Gasteiger partial charge in [-0.1, -0.05) is 45.0 Å². The van der Waals surface area contributed by atoms with E-state index in [1.807, 2.05) is 30.3 Å². The van der Waals surface area contributed by atoms with Crippen LogP contribution in [0, 0.1) is 0 Å². The standard InChI is InChI=1S/C22H29NO4/c1-22(2,3)18-8-6-16(7-9-18)15-27-21(24)23-11-10-17-12-19(25-4)14-20(13-17)26-5/h6-9,12-14H,10-11,15H2,1-5H3,(H,23,24). The number of ether oxygens (including phenoxy) is 3. The van der Waals surface area contributed by atoms with Gasteiger partial charge in [-0.25, -0.2) is 4.79 Å². The molecule has 0 heterocycles. The molecule has 0 radical (unpaired) electrons. The molecule has 0 aliphatic carbocycles. The second kappa shape index (κ2) is 9.31. The van der Waals surface area contributed by atoms with Crippen molar-refractivity contribution in [2.45, 2.75) is 39.2 Å². The summed E-state index contributed by atoms with van der Waals surface area (Å²) in [5.41, 5.74) is 3.35. The number of alkyl carbamates (subject to hydrolysis) is 1. The Morgan fingerprint density at radius 2 is 1.52 bits per heavy atom. The molecule has 0 fully saturated rings. The van der Waals surface area contributed by atoms with Crippen molar-refractivity contribution in [2.24, 2.45) is 0 Å². The van der Waals surface area contributed by atoms with Crippen molar-refractivity contribution in [1.82, 2.24) is 5.32 Å². The number of benzene rings is 2. The monoisotopic (exact) mass is 371 g/mol. The fourth-order valence-electron chi connectivity index (χ4n) is 2.62. The number of carbonyl (C=O) groups excluding carboxylic acids is 1. The Balaban J connectivity index is 1.78. The van der Waals surface area contributed by atoms with Crippen LogP contribution in [0.1, 0.15) is 37.5 Å². The van der Waals surface area contributed by atoms with Crippen molar-refractivity contribution in [3.8, 4) is 11.5 Å². The topological polar surface area (TPSA) is 56.8 Å². The summed E-state index contributed by atoms with van der Waals surface area (Å²) in [6.07, 6.45) is 0.230. The van der Waals surface area contributed by atoms with Gasteiger partial charge in [0.25, 0.3) is 0 Å². The minimum atomic E-state index is -0.426. The molecule has 0 bridgehead atoms. The Labute approximate surface area is 161 Å². The van der Waals surface area contributed by atoms with Crippen LogP contribution in [0.3, 0.4) is 0 Å². The first-order chi connectivity index (χ1) is 12.8. The molecule has 0 saturated carbocycles. The molecule has 2 aromatic carbocycles. The highest BCUT2D eigenvalue weighted by Gasteiger charge is 2.13. The van der Waals surface area contributed by atoms with Crippen molar-refractivity contribution >= 4 is 6.09 Å². The quantitative estimate of drug-likeness (QED) is 0.780. The highest BCUT2D eigenvalue weighted by Crippen LogP contribution is 2.23. The summed E-state index contributed by atoms with van der Waals surface area (Å²) in [7, 11) is 3.23. The molecule has 5 nitrogen and oxygen atoms in total. The van der Waals surface area contributed by atoms with Crippen LogP contribution in [0.5, 0.6) is 11.5 Å². The molecule has 1 N–H and O–H groups in total. The molecule has 27 heavy (non-hydrogen) atoms. The predicted molar refractivity (Wildman–Crippen MR) is 107 cm³/mol. The van der Waals surface area contributed by atoms with E-state index in [9.17, 15) is 4.79 Å². The number of nitrogens with one attached hydrogen (secondary N) is 1. The Kier molecular flexibility index (Phi) is 7.11. The lowest BCUT2D eigenvalue weighted by Crippen LogP contribution is -2.26. The SMILES string of the molecule is COc1cc(CCNC(=O)OCc2ccc(C(C)(C)C)cc2)cc(OC)c1. The second-order valence-electron chi connectivity index (χ2n) is 7.42. The lowest BCUT2D eigenvalue weighted by molar-refractivity contribution is 0.140. The zero-order valence-electron chi connectivity index (χ0n) is 16.8. The van der Waals surface area contributed by atoms with Gasteiger partial charge in [-0.2, -0.15) is 0 Å². The molecular weight excluding hydrogens is 342 g/mol. The third-order valence-corrected chi connectivity index (χ3v) is 4.28. The lowest BCUT2D eigenvalue weighted by Gasteiger charge is -2.19. The van der Waals surface area contributed by atoms with Crippen LogP contribution >= 0.6 is 0 Å². The van der Waals surface area contributed by atoms with Crippen molar-refractivity contribution in [3.63, 3.8) is 0 Å². The number of rotatable bonds is 7. The number of methoxy groups -OCH3 is 2. The molecule has 0 spiro atoms. The highest BCUT2D eigenvalue weighted by molar-refractivity contribution is 5.67. The van der Waals surface area contributed by atoms with Gasteiger partial charge in [-0.15, -0.1) is 0 Å². The molecule has 5 heteroatoms. The summed E-state index contributed by atoms with van der Waals surface area (Å²) in [6.45, 7) is 7.24. The largest absolute Gasteiger partial charge is 0.497 e. The maximum absolute atomic E-state index is 11.9. The van der Waals surface area contributed by atoms with Gasteiger partial charge < -0.3 is 19.5 Å². The van der Waals surface area contributed by atoms with Crippen molar-refractivity contribution < 1.29 is 19.0 Å². The zero-order valence-corrected chi connectivity index (χ0v) is 16.8. The third kappa shape index (κ3) is 6.51. The van der Waals surface area contributed by atoms with Gasteiger partial charge in [0.15, 0.2) is 0 Å². The molecule has 0 aliphatic heterocycles. The van der Waals surface area contributed by atoms with Crippen LogP contribution in [0.4, 0.5) is 4.79 Å². The van der Waals surface area contributed by atoms with Crippen LogP contribution in [-0.4, -0.2) is 26.9 Å². The molecule has 2 aromatic rings. The zero-order chi connectivity index (χ0) is 19.9. The van der Waals surface area contributed by atoms with Gasteiger partial charge in [0, 0.05) is 12.6 Å². The van der Waals surface area contributed by atoms with Gasteiger partial charge in [0.1, 0.15) is 18.1 Å². The van der Waals surface area contributed by atoms with E-state index in [-0.39, 0.29) is 12.0 Å². The van der Waals surface area contributed by atoms with Gasteiger partial charge >= 0.3 is 6.09 Å². The minimum Gasteiger partial charge on any atom is -0.497 e. The smallest absolute Gasteiger partial charge is 0.407 e. The van der Waals surface area contributed by atoms with Gasteiger partial charge in [0.2, 0.25) is 0 Å². The van der Waals surface area contributed by atoms with Crippen LogP contribution in [-0.2, 0) is 23.2 Å². The predicted octanol–water partition coefficient (Wildman–Crippen LogP) is 4.47.